The molecule has 2 heteroatoms. The summed E-state index contributed by atoms with van der Waals surface area (Å²) in [5.74, 6) is 0. The molecule has 1 aliphatic carbocycles. The Balaban J connectivity index is 2.17. The fraction of sp³-hybridized carbons (Fsp3) is 0.267. The number of carbonyl (C=O) groups is 1. The molecule has 1 aromatic rings. The van der Waals surface area contributed by atoms with E-state index < -0.39 is 0 Å². The summed E-state index contributed by atoms with van der Waals surface area (Å²) in [5.41, 5.74) is 2.98. The Hall–Kier alpha value is -1.34. The largest absolute Gasteiger partial charge is 0.298 e. The molecule has 0 radical (unpaired) electrons. The Morgan fingerprint density at radius 3 is 2.59 bits per heavy atom. The van der Waals surface area contributed by atoms with E-state index in [-0.39, 0.29) is 0 Å². The minimum absolute atomic E-state index is 0.604. The molecule has 0 bridgehead atoms. The standard InChI is InChI=1S/C15H15ClO/c16-15-9-13(8-14(10-15)11-17)7-6-12-4-2-1-3-5-12/h4,6-11H,1-3,5H2/b7-6+. The maximum Gasteiger partial charge on any atom is 0.150 e. The van der Waals surface area contributed by atoms with Crippen LogP contribution in [-0.2, 0) is 0 Å². The van der Waals surface area contributed by atoms with Crippen LogP contribution >= 0.6 is 11.6 Å². The fourth-order valence-electron chi connectivity index (χ4n) is 2.02. The van der Waals surface area contributed by atoms with Gasteiger partial charge in [-0.2, -0.15) is 0 Å². The van der Waals surface area contributed by atoms with E-state index in [9.17, 15) is 4.79 Å². The lowest BCUT2D eigenvalue weighted by Gasteiger charge is -2.08. The highest BCUT2D eigenvalue weighted by Gasteiger charge is 2.00. The topological polar surface area (TPSA) is 17.1 Å². The molecule has 1 aromatic carbocycles. The number of aldehydes is 1. The normalized spacial score (nSPS) is 15.9. The second-order valence-electron chi connectivity index (χ2n) is 4.29. The highest BCUT2D eigenvalue weighted by Crippen LogP contribution is 2.20. The van der Waals surface area contributed by atoms with Crippen molar-refractivity contribution in [2.75, 3.05) is 0 Å². The average molecular weight is 247 g/mol. The van der Waals surface area contributed by atoms with Crippen molar-refractivity contribution in [3.8, 4) is 0 Å². The Bertz CT molecular complexity index is 472. The van der Waals surface area contributed by atoms with Crippen molar-refractivity contribution in [2.45, 2.75) is 25.7 Å². The van der Waals surface area contributed by atoms with E-state index in [2.05, 4.69) is 12.2 Å². The first-order valence-corrected chi connectivity index (χ1v) is 6.28. The van der Waals surface area contributed by atoms with Crippen LogP contribution in [0, 0.1) is 0 Å². The summed E-state index contributed by atoms with van der Waals surface area (Å²) < 4.78 is 0. The highest BCUT2D eigenvalue weighted by molar-refractivity contribution is 6.31. The van der Waals surface area contributed by atoms with E-state index in [1.54, 1.807) is 6.07 Å². The number of hydrogen-bond donors (Lipinski definition) is 0. The van der Waals surface area contributed by atoms with E-state index in [0.717, 1.165) is 18.3 Å². The first-order valence-electron chi connectivity index (χ1n) is 5.91. The Morgan fingerprint density at radius 1 is 1.06 bits per heavy atom. The molecule has 0 fully saturated rings. The smallest absolute Gasteiger partial charge is 0.150 e. The second-order valence-corrected chi connectivity index (χ2v) is 4.73. The van der Waals surface area contributed by atoms with Gasteiger partial charge in [-0.05, 0) is 49.4 Å². The average Bonchev–Trinajstić information content (AvgIpc) is 2.37. The van der Waals surface area contributed by atoms with Gasteiger partial charge in [0, 0.05) is 10.6 Å². The van der Waals surface area contributed by atoms with Gasteiger partial charge in [0.25, 0.3) is 0 Å². The van der Waals surface area contributed by atoms with Crippen LogP contribution in [0.3, 0.4) is 0 Å². The minimum atomic E-state index is 0.604. The molecule has 0 atom stereocenters. The minimum Gasteiger partial charge on any atom is -0.298 e. The summed E-state index contributed by atoms with van der Waals surface area (Å²) in [6.07, 6.45) is 12.1. The Morgan fingerprint density at radius 2 is 1.88 bits per heavy atom. The van der Waals surface area contributed by atoms with Gasteiger partial charge < -0.3 is 0 Å². The summed E-state index contributed by atoms with van der Waals surface area (Å²) in [6, 6.07) is 5.39. The number of carbonyl (C=O) groups excluding carboxylic acids is 1. The lowest BCUT2D eigenvalue weighted by Crippen LogP contribution is -1.88. The third-order valence-corrected chi connectivity index (χ3v) is 3.11. The van der Waals surface area contributed by atoms with E-state index in [4.69, 9.17) is 11.6 Å². The van der Waals surface area contributed by atoms with Crippen LogP contribution in [0.15, 0.2) is 35.9 Å². The van der Waals surface area contributed by atoms with Gasteiger partial charge >= 0.3 is 0 Å². The van der Waals surface area contributed by atoms with Gasteiger partial charge in [0.15, 0.2) is 0 Å². The van der Waals surface area contributed by atoms with Gasteiger partial charge in [-0.3, -0.25) is 4.79 Å². The molecule has 1 nitrogen and oxygen atoms in total. The third kappa shape index (κ3) is 3.57. The van der Waals surface area contributed by atoms with Crippen molar-refractivity contribution in [3.63, 3.8) is 0 Å². The molecule has 0 N–H and O–H groups in total. The van der Waals surface area contributed by atoms with Gasteiger partial charge in [-0.15, -0.1) is 0 Å². The van der Waals surface area contributed by atoms with Crippen molar-refractivity contribution in [3.05, 3.63) is 52.1 Å². The van der Waals surface area contributed by atoms with Crippen LogP contribution in [0.25, 0.3) is 6.08 Å². The molecular formula is C15H15ClO. The van der Waals surface area contributed by atoms with E-state index in [0.29, 0.717) is 10.6 Å². The van der Waals surface area contributed by atoms with Crippen LogP contribution in [-0.4, -0.2) is 6.29 Å². The zero-order valence-electron chi connectivity index (χ0n) is 9.66. The quantitative estimate of drug-likeness (QED) is 0.709. The van der Waals surface area contributed by atoms with Crippen LogP contribution in [0.5, 0.6) is 0 Å². The summed E-state index contributed by atoms with van der Waals surface area (Å²) >= 11 is 5.94. The van der Waals surface area contributed by atoms with Crippen molar-refractivity contribution in [2.24, 2.45) is 0 Å². The lowest BCUT2D eigenvalue weighted by atomic mass is 9.98. The molecule has 0 heterocycles. The predicted octanol–water partition coefficient (Wildman–Crippen LogP) is 4.67. The lowest BCUT2D eigenvalue weighted by molar-refractivity contribution is 0.112. The Labute approximate surface area is 107 Å². The fourth-order valence-corrected chi connectivity index (χ4v) is 2.27. The molecule has 0 unspecified atom stereocenters. The van der Waals surface area contributed by atoms with Gasteiger partial charge in [0.2, 0.25) is 0 Å². The van der Waals surface area contributed by atoms with Crippen molar-refractivity contribution >= 4 is 24.0 Å². The van der Waals surface area contributed by atoms with E-state index >= 15 is 0 Å². The van der Waals surface area contributed by atoms with E-state index in [1.807, 2.05) is 18.2 Å². The molecule has 0 aliphatic heterocycles. The number of benzene rings is 1. The van der Waals surface area contributed by atoms with Crippen LogP contribution in [0.2, 0.25) is 5.02 Å². The van der Waals surface area contributed by atoms with Gasteiger partial charge in [0.05, 0.1) is 0 Å². The number of rotatable bonds is 3. The highest BCUT2D eigenvalue weighted by atomic mass is 35.5. The molecule has 88 valence electrons. The maximum atomic E-state index is 10.7. The molecule has 0 spiro atoms. The molecule has 0 amide bonds. The van der Waals surface area contributed by atoms with Crippen molar-refractivity contribution in [1.29, 1.82) is 0 Å². The molecular weight excluding hydrogens is 232 g/mol. The van der Waals surface area contributed by atoms with Crippen LogP contribution in [0.1, 0.15) is 41.6 Å². The first kappa shape index (κ1) is 12.1. The van der Waals surface area contributed by atoms with Crippen molar-refractivity contribution in [1.82, 2.24) is 0 Å². The number of hydrogen-bond acceptors (Lipinski definition) is 1. The zero-order chi connectivity index (χ0) is 12.1. The van der Waals surface area contributed by atoms with Crippen LogP contribution < -0.4 is 0 Å². The van der Waals surface area contributed by atoms with E-state index in [1.165, 1.54) is 24.8 Å². The molecule has 0 aromatic heterocycles. The van der Waals surface area contributed by atoms with Gasteiger partial charge in [-0.1, -0.05) is 35.4 Å². The number of allylic oxidation sites excluding steroid dienone is 3. The van der Waals surface area contributed by atoms with Crippen LogP contribution in [0.4, 0.5) is 0 Å². The van der Waals surface area contributed by atoms with Crippen molar-refractivity contribution < 1.29 is 4.79 Å². The predicted molar refractivity (Wildman–Crippen MR) is 72.4 cm³/mol. The third-order valence-electron chi connectivity index (χ3n) is 2.89. The maximum absolute atomic E-state index is 10.7. The molecule has 17 heavy (non-hydrogen) atoms. The SMILES string of the molecule is O=Cc1cc(Cl)cc(/C=C/C2=CCCCC2)c1. The molecule has 2 rings (SSSR count). The molecule has 1 aliphatic rings. The number of halogens is 1. The monoisotopic (exact) mass is 246 g/mol. The van der Waals surface area contributed by atoms with Gasteiger partial charge in [-0.25, -0.2) is 0 Å². The second kappa shape index (κ2) is 5.83. The summed E-state index contributed by atoms with van der Waals surface area (Å²) in [6.45, 7) is 0. The first-order chi connectivity index (χ1) is 8.28. The zero-order valence-corrected chi connectivity index (χ0v) is 10.4. The summed E-state index contributed by atoms with van der Waals surface area (Å²) in [4.78, 5) is 10.7. The van der Waals surface area contributed by atoms with Gasteiger partial charge in [0.1, 0.15) is 6.29 Å². The Kier molecular flexibility index (Phi) is 4.16. The molecule has 0 saturated heterocycles. The molecule has 0 saturated carbocycles. The summed E-state index contributed by atoms with van der Waals surface area (Å²) in [5, 5.41) is 0.604. The summed E-state index contributed by atoms with van der Waals surface area (Å²) in [7, 11) is 0.